The van der Waals surface area contributed by atoms with E-state index in [0.29, 0.717) is 0 Å². The molecule has 0 aromatic carbocycles. The Morgan fingerprint density at radius 3 is 2.46 bits per heavy atom. The van der Waals surface area contributed by atoms with Crippen molar-refractivity contribution < 1.29 is 23.1 Å². The third-order valence-electron chi connectivity index (χ3n) is 1.31. The molecule has 0 saturated heterocycles. The minimum Gasteiger partial charge on any atom is -0.481 e. The molecule has 0 spiro atoms. The van der Waals surface area contributed by atoms with E-state index in [0.717, 1.165) is 6.26 Å². The first-order valence-corrected chi connectivity index (χ1v) is 5.43. The summed E-state index contributed by atoms with van der Waals surface area (Å²) in [4.78, 5) is 10.2. The lowest BCUT2D eigenvalue weighted by Gasteiger charge is -2.12. The average molecular weight is 211 g/mol. The third-order valence-corrected chi connectivity index (χ3v) is 2.00. The summed E-state index contributed by atoms with van der Waals surface area (Å²) in [5.74, 6) is -1.03. The highest BCUT2D eigenvalue weighted by Gasteiger charge is 2.13. The maximum Gasteiger partial charge on any atom is 0.306 e. The molecule has 78 valence electrons. The fourth-order valence-corrected chi connectivity index (χ4v) is 1.17. The van der Waals surface area contributed by atoms with Crippen molar-refractivity contribution in [2.45, 2.75) is 12.5 Å². The number of ether oxygens (including phenoxy) is 1. The molecule has 0 amide bonds. The van der Waals surface area contributed by atoms with Crippen molar-refractivity contribution in [3.05, 3.63) is 0 Å². The standard InChI is InChI=1S/C6H13NO5S/c1-12-5(3-6(8)9)4-7-13(2,10)11/h5,7H,3-4H2,1-2H3,(H,8,9). The molecule has 6 nitrogen and oxygen atoms in total. The van der Waals surface area contributed by atoms with Gasteiger partial charge in [0.15, 0.2) is 0 Å². The Morgan fingerprint density at radius 1 is 1.62 bits per heavy atom. The number of carbonyl (C=O) groups is 1. The van der Waals surface area contributed by atoms with Gasteiger partial charge in [0.05, 0.1) is 18.8 Å². The van der Waals surface area contributed by atoms with E-state index in [1.54, 1.807) is 0 Å². The molecule has 1 atom stereocenters. The first-order chi connectivity index (χ1) is 5.85. The maximum atomic E-state index is 10.6. The zero-order valence-electron chi connectivity index (χ0n) is 7.48. The van der Waals surface area contributed by atoms with Gasteiger partial charge in [-0.15, -0.1) is 0 Å². The molecule has 0 aromatic rings. The van der Waals surface area contributed by atoms with Crippen LogP contribution in [0.5, 0.6) is 0 Å². The monoisotopic (exact) mass is 211 g/mol. The number of sulfonamides is 1. The van der Waals surface area contributed by atoms with Gasteiger partial charge in [-0.3, -0.25) is 4.79 Å². The second-order valence-corrected chi connectivity index (χ2v) is 4.41. The highest BCUT2D eigenvalue weighted by molar-refractivity contribution is 7.88. The topological polar surface area (TPSA) is 92.7 Å². The second-order valence-electron chi connectivity index (χ2n) is 2.58. The van der Waals surface area contributed by atoms with E-state index in [-0.39, 0.29) is 13.0 Å². The first kappa shape index (κ1) is 12.3. The molecule has 13 heavy (non-hydrogen) atoms. The quantitative estimate of drug-likeness (QED) is 0.589. The molecule has 0 heterocycles. The van der Waals surface area contributed by atoms with Gasteiger partial charge < -0.3 is 9.84 Å². The summed E-state index contributed by atoms with van der Waals surface area (Å²) in [6, 6.07) is 0. The molecule has 0 saturated carbocycles. The van der Waals surface area contributed by atoms with Crippen molar-refractivity contribution in [2.24, 2.45) is 0 Å². The van der Waals surface area contributed by atoms with Gasteiger partial charge in [0, 0.05) is 13.7 Å². The molecule has 0 fully saturated rings. The molecule has 0 aliphatic heterocycles. The van der Waals surface area contributed by atoms with Crippen LogP contribution in [0.4, 0.5) is 0 Å². The minimum atomic E-state index is -3.29. The molecule has 0 radical (unpaired) electrons. The summed E-state index contributed by atoms with van der Waals surface area (Å²) >= 11 is 0. The lowest BCUT2D eigenvalue weighted by Crippen LogP contribution is -2.33. The van der Waals surface area contributed by atoms with E-state index in [1.807, 2.05) is 0 Å². The average Bonchev–Trinajstić information content (AvgIpc) is 1.95. The Balaban J connectivity index is 3.93. The largest absolute Gasteiger partial charge is 0.481 e. The van der Waals surface area contributed by atoms with Crippen LogP contribution in [-0.4, -0.2) is 45.5 Å². The van der Waals surface area contributed by atoms with Crippen LogP contribution < -0.4 is 4.72 Å². The molecule has 0 bridgehead atoms. The highest BCUT2D eigenvalue weighted by Crippen LogP contribution is 1.95. The van der Waals surface area contributed by atoms with Crippen LogP contribution in [0.15, 0.2) is 0 Å². The number of hydrogen-bond acceptors (Lipinski definition) is 4. The Kier molecular flexibility index (Phi) is 4.89. The SMILES string of the molecule is COC(CNS(C)(=O)=O)CC(=O)O. The molecule has 1 unspecified atom stereocenters. The van der Waals surface area contributed by atoms with E-state index < -0.39 is 22.1 Å². The van der Waals surface area contributed by atoms with Crippen LogP contribution in [-0.2, 0) is 19.6 Å². The van der Waals surface area contributed by atoms with Crippen molar-refractivity contribution in [2.75, 3.05) is 19.9 Å². The van der Waals surface area contributed by atoms with Crippen molar-refractivity contribution in [3.8, 4) is 0 Å². The minimum absolute atomic E-state index is 0.0262. The molecular weight excluding hydrogens is 198 g/mol. The molecule has 0 aliphatic rings. The van der Waals surface area contributed by atoms with Gasteiger partial charge in [0.2, 0.25) is 10.0 Å². The number of rotatable bonds is 6. The van der Waals surface area contributed by atoms with Gasteiger partial charge in [-0.1, -0.05) is 0 Å². The second kappa shape index (κ2) is 5.15. The van der Waals surface area contributed by atoms with E-state index in [2.05, 4.69) is 4.72 Å². The van der Waals surface area contributed by atoms with E-state index in [9.17, 15) is 13.2 Å². The van der Waals surface area contributed by atoms with Crippen LogP contribution in [0.1, 0.15) is 6.42 Å². The Morgan fingerprint density at radius 2 is 2.15 bits per heavy atom. The lowest BCUT2D eigenvalue weighted by molar-refractivity contribution is -0.139. The van der Waals surface area contributed by atoms with Crippen molar-refractivity contribution in [1.29, 1.82) is 0 Å². The van der Waals surface area contributed by atoms with Gasteiger partial charge in [-0.2, -0.15) is 0 Å². The van der Waals surface area contributed by atoms with Crippen molar-refractivity contribution in [3.63, 3.8) is 0 Å². The maximum absolute atomic E-state index is 10.6. The van der Waals surface area contributed by atoms with Crippen LogP contribution >= 0.6 is 0 Å². The number of methoxy groups -OCH3 is 1. The van der Waals surface area contributed by atoms with Gasteiger partial charge >= 0.3 is 5.97 Å². The van der Waals surface area contributed by atoms with Crippen LogP contribution in [0.25, 0.3) is 0 Å². The van der Waals surface area contributed by atoms with Crippen LogP contribution in [0.3, 0.4) is 0 Å². The molecule has 0 aromatic heterocycles. The summed E-state index contributed by atoms with van der Waals surface area (Å²) in [6.45, 7) is -0.0262. The third kappa shape index (κ3) is 7.69. The summed E-state index contributed by atoms with van der Waals surface area (Å²) in [6.07, 6.45) is 0.145. The van der Waals surface area contributed by atoms with Gasteiger partial charge in [0.1, 0.15) is 0 Å². The number of hydrogen-bond donors (Lipinski definition) is 2. The van der Waals surface area contributed by atoms with E-state index >= 15 is 0 Å². The van der Waals surface area contributed by atoms with Gasteiger partial charge in [-0.05, 0) is 0 Å². The number of carboxylic acid groups (broad SMARTS) is 1. The van der Waals surface area contributed by atoms with Crippen molar-refractivity contribution in [1.82, 2.24) is 4.72 Å². The van der Waals surface area contributed by atoms with Crippen LogP contribution in [0.2, 0.25) is 0 Å². The predicted molar refractivity (Wildman–Crippen MR) is 45.9 cm³/mol. The normalized spacial score (nSPS) is 14.0. The number of nitrogens with one attached hydrogen (secondary N) is 1. The summed E-state index contributed by atoms with van der Waals surface area (Å²) in [5, 5.41) is 8.39. The molecule has 2 N–H and O–H groups in total. The molecule has 0 aliphatic carbocycles. The first-order valence-electron chi connectivity index (χ1n) is 3.54. The summed E-state index contributed by atoms with van der Waals surface area (Å²) in [5.41, 5.74) is 0. The van der Waals surface area contributed by atoms with Gasteiger partial charge in [-0.25, -0.2) is 13.1 Å². The lowest BCUT2D eigenvalue weighted by atomic mass is 10.2. The predicted octanol–water partition coefficient (Wildman–Crippen LogP) is -0.975. The number of carboxylic acids is 1. The number of aliphatic carboxylic acids is 1. The Hall–Kier alpha value is -0.660. The Bertz CT molecular complexity index is 260. The summed E-state index contributed by atoms with van der Waals surface area (Å²) < 4.78 is 28.2. The molecule has 0 rings (SSSR count). The van der Waals surface area contributed by atoms with Crippen molar-refractivity contribution >= 4 is 16.0 Å². The highest BCUT2D eigenvalue weighted by atomic mass is 32.2. The van der Waals surface area contributed by atoms with Gasteiger partial charge in [0.25, 0.3) is 0 Å². The Labute approximate surface area is 76.9 Å². The van der Waals surface area contributed by atoms with Crippen LogP contribution in [0, 0.1) is 0 Å². The summed E-state index contributed by atoms with van der Waals surface area (Å²) in [7, 11) is -1.96. The zero-order chi connectivity index (χ0) is 10.5. The fraction of sp³-hybridized carbons (Fsp3) is 0.833. The zero-order valence-corrected chi connectivity index (χ0v) is 8.30. The molecular formula is C6H13NO5S. The fourth-order valence-electron chi connectivity index (χ4n) is 0.678. The van der Waals surface area contributed by atoms with E-state index in [4.69, 9.17) is 9.84 Å². The van der Waals surface area contributed by atoms with E-state index in [1.165, 1.54) is 7.11 Å². The molecule has 7 heteroatoms. The smallest absolute Gasteiger partial charge is 0.306 e.